The lowest BCUT2D eigenvalue weighted by molar-refractivity contribution is -0.132. The molecule has 2 fully saturated rings. The van der Waals surface area contributed by atoms with Crippen LogP contribution in [0.2, 0.25) is 0 Å². The predicted molar refractivity (Wildman–Crippen MR) is 103 cm³/mol. The van der Waals surface area contributed by atoms with Gasteiger partial charge in [-0.15, -0.1) is 0 Å². The molecule has 1 aromatic carbocycles. The zero-order valence-corrected chi connectivity index (χ0v) is 17.1. The van der Waals surface area contributed by atoms with Gasteiger partial charge in [-0.25, -0.2) is 26.9 Å². The van der Waals surface area contributed by atoms with Gasteiger partial charge in [0.1, 0.15) is 5.82 Å². The maximum atomic E-state index is 13.3. The molecule has 0 bridgehead atoms. The second-order valence-corrected chi connectivity index (χ2v) is 9.50. The number of hydrogen-bond acceptors (Lipinski definition) is 5. The monoisotopic (exact) mass is 439 g/mol. The van der Waals surface area contributed by atoms with Crippen LogP contribution in [0.1, 0.15) is 55.6 Å². The molecule has 162 valence electrons. The molecule has 0 spiro atoms. The van der Waals surface area contributed by atoms with E-state index in [2.05, 4.69) is 19.9 Å². The van der Waals surface area contributed by atoms with Crippen LogP contribution in [0.3, 0.4) is 0 Å². The van der Waals surface area contributed by atoms with Crippen molar-refractivity contribution >= 4 is 15.9 Å². The summed E-state index contributed by atoms with van der Waals surface area (Å²) < 4.78 is 52.8. The van der Waals surface area contributed by atoms with Gasteiger partial charge in [0.25, 0.3) is 0 Å². The Bertz CT molecular complexity index is 1030. The van der Waals surface area contributed by atoms with Gasteiger partial charge in [-0.2, -0.15) is 5.10 Å². The van der Waals surface area contributed by atoms with Crippen LogP contribution >= 0.6 is 0 Å². The summed E-state index contributed by atoms with van der Waals surface area (Å²) in [7, 11) is -4.02. The molecule has 0 radical (unpaired) electrons. The van der Waals surface area contributed by atoms with Crippen molar-refractivity contribution in [2.75, 3.05) is 19.6 Å². The van der Waals surface area contributed by atoms with Crippen molar-refractivity contribution in [3.8, 4) is 0 Å². The smallest absolute Gasteiger partial charge is 0.240 e. The maximum Gasteiger partial charge on any atom is 0.240 e. The molecule has 11 heteroatoms. The highest BCUT2D eigenvalue weighted by atomic mass is 32.2. The molecular weight excluding hydrogens is 416 g/mol. The molecular formula is C19H23F2N5O3S. The van der Waals surface area contributed by atoms with Crippen LogP contribution in [0.15, 0.2) is 23.1 Å². The van der Waals surface area contributed by atoms with Gasteiger partial charge in [-0.05, 0) is 43.9 Å². The highest BCUT2D eigenvalue weighted by Crippen LogP contribution is 2.38. The topological polar surface area (TPSA) is 108 Å². The number of rotatable bonds is 7. The molecule has 1 amide bonds. The number of H-pyrrole nitrogens is 1. The fraction of sp³-hybridized carbons (Fsp3) is 0.526. The molecule has 1 aliphatic carbocycles. The third-order valence-electron chi connectivity index (χ3n) is 5.53. The molecule has 1 saturated heterocycles. The molecule has 30 heavy (non-hydrogen) atoms. The first-order chi connectivity index (χ1) is 14.3. The number of likely N-dealkylation sites (tertiary alicyclic amines) is 1. The first-order valence-corrected chi connectivity index (χ1v) is 11.5. The summed E-state index contributed by atoms with van der Waals surface area (Å²) in [5.74, 6) is -0.0278. The quantitative estimate of drug-likeness (QED) is 0.686. The number of hydrogen-bond donors (Lipinski definition) is 2. The lowest BCUT2D eigenvalue weighted by atomic mass is 9.96. The molecule has 8 nitrogen and oxygen atoms in total. The number of sulfonamides is 1. The Hall–Kier alpha value is -2.40. The van der Waals surface area contributed by atoms with Crippen molar-refractivity contribution in [1.82, 2.24) is 24.8 Å². The maximum absolute atomic E-state index is 13.3. The van der Waals surface area contributed by atoms with E-state index in [0.29, 0.717) is 25.1 Å². The van der Waals surface area contributed by atoms with Crippen LogP contribution in [0, 0.1) is 11.6 Å². The summed E-state index contributed by atoms with van der Waals surface area (Å²) in [5, 5.41) is 7.30. The van der Waals surface area contributed by atoms with Crippen LogP contribution < -0.4 is 4.72 Å². The van der Waals surface area contributed by atoms with Crippen LogP contribution in [0.25, 0.3) is 0 Å². The van der Waals surface area contributed by atoms with E-state index in [-0.39, 0.29) is 29.7 Å². The highest BCUT2D eigenvalue weighted by molar-refractivity contribution is 7.89. The van der Waals surface area contributed by atoms with Gasteiger partial charge >= 0.3 is 0 Å². The number of piperidine rings is 1. The summed E-state index contributed by atoms with van der Waals surface area (Å²) in [4.78, 5) is 18.3. The lowest BCUT2D eigenvalue weighted by Crippen LogP contribution is -2.39. The zero-order valence-electron chi connectivity index (χ0n) is 16.3. The normalized spacial score (nSPS) is 18.0. The van der Waals surface area contributed by atoms with Crippen molar-refractivity contribution in [2.45, 2.75) is 48.8 Å². The minimum atomic E-state index is -4.02. The first kappa shape index (κ1) is 20.9. The Morgan fingerprint density at radius 3 is 2.53 bits per heavy atom. The molecule has 1 saturated carbocycles. The van der Waals surface area contributed by atoms with E-state index in [9.17, 15) is 22.0 Å². The van der Waals surface area contributed by atoms with E-state index in [4.69, 9.17) is 0 Å². The Morgan fingerprint density at radius 2 is 1.87 bits per heavy atom. The standard InChI is InChI=1S/C19H23F2N5O3S/c20-15-4-3-14(11-16(15)21)30(28,29)22-8-5-17(27)26-9-6-13(7-10-26)19-23-18(24-25-19)12-1-2-12/h3-4,11-13,22H,1-2,5-10H2,(H,23,24,25). The first-order valence-electron chi connectivity index (χ1n) is 9.98. The van der Waals surface area contributed by atoms with Gasteiger partial charge < -0.3 is 4.90 Å². The summed E-state index contributed by atoms with van der Waals surface area (Å²) in [6.07, 6.45) is 3.81. The van der Waals surface area contributed by atoms with Crippen molar-refractivity contribution in [3.63, 3.8) is 0 Å². The van der Waals surface area contributed by atoms with Crippen molar-refractivity contribution in [2.24, 2.45) is 0 Å². The second kappa shape index (κ2) is 8.38. The van der Waals surface area contributed by atoms with Gasteiger partial charge in [-0.3, -0.25) is 9.89 Å². The number of carbonyl (C=O) groups excluding carboxylic acids is 1. The Labute approximate surface area is 173 Å². The van der Waals surface area contributed by atoms with Gasteiger partial charge in [0.15, 0.2) is 17.5 Å². The molecule has 0 unspecified atom stereocenters. The van der Waals surface area contributed by atoms with Gasteiger partial charge in [0.2, 0.25) is 15.9 Å². The van der Waals surface area contributed by atoms with Crippen molar-refractivity contribution in [1.29, 1.82) is 0 Å². The van der Waals surface area contributed by atoms with E-state index in [0.717, 1.165) is 49.5 Å². The molecule has 0 atom stereocenters. The van der Waals surface area contributed by atoms with E-state index in [1.807, 2.05) is 0 Å². The fourth-order valence-electron chi connectivity index (χ4n) is 3.57. The number of aromatic amines is 1. The average molecular weight is 439 g/mol. The zero-order chi connectivity index (χ0) is 21.3. The molecule has 2 heterocycles. The van der Waals surface area contributed by atoms with Gasteiger partial charge in [0.05, 0.1) is 4.90 Å². The Kier molecular flexibility index (Phi) is 5.83. The summed E-state index contributed by atoms with van der Waals surface area (Å²) >= 11 is 0. The molecule has 1 aliphatic heterocycles. The van der Waals surface area contributed by atoms with E-state index in [1.165, 1.54) is 0 Å². The van der Waals surface area contributed by atoms with E-state index in [1.54, 1.807) is 4.90 Å². The van der Waals surface area contributed by atoms with E-state index < -0.39 is 21.7 Å². The largest absolute Gasteiger partial charge is 0.343 e. The number of benzene rings is 1. The Balaban J connectivity index is 1.24. The number of carbonyl (C=O) groups is 1. The molecule has 2 aromatic rings. The summed E-state index contributed by atoms with van der Waals surface area (Å²) in [6.45, 7) is 1.02. The van der Waals surface area contributed by atoms with Crippen LogP contribution in [0.4, 0.5) is 8.78 Å². The summed E-state index contributed by atoms with van der Waals surface area (Å²) in [6, 6.07) is 2.34. The average Bonchev–Trinajstić information content (AvgIpc) is 3.46. The molecule has 2 N–H and O–H groups in total. The van der Waals surface area contributed by atoms with Crippen LogP contribution in [-0.2, 0) is 14.8 Å². The summed E-state index contributed by atoms with van der Waals surface area (Å²) in [5.41, 5.74) is 0. The third-order valence-corrected chi connectivity index (χ3v) is 6.99. The van der Waals surface area contributed by atoms with Crippen LogP contribution in [-0.4, -0.2) is 54.0 Å². The SMILES string of the molecule is O=C(CCNS(=O)(=O)c1ccc(F)c(F)c1)N1CCC(c2nc(C3CC3)n[nH]2)CC1. The predicted octanol–water partition coefficient (Wildman–Crippen LogP) is 2.03. The second-order valence-electron chi connectivity index (χ2n) is 7.73. The minimum absolute atomic E-state index is 0.0122. The molecule has 1 aromatic heterocycles. The minimum Gasteiger partial charge on any atom is -0.343 e. The van der Waals surface area contributed by atoms with Crippen LogP contribution in [0.5, 0.6) is 0 Å². The molecule has 2 aliphatic rings. The van der Waals surface area contributed by atoms with Crippen molar-refractivity contribution < 1.29 is 22.0 Å². The van der Waals surface area contributed by atoms with E-state index >= 15 is 0 Å². The number of aromatic nitrogens is 3. The third kappa shape index (κ3) is 4.67. The number of nitrogens with one attached hydrogen (secondary N) is 2. The number of nitrogens with zero attached hydrogens (tertiary/aromatic N) is 3. The van der Waals surface area contributed by atoms with Crippen molar-refractivity contribution in [3.05, 3.63) is 41.5 Å². The lowest BCUT2D eigenvalue weighted by Gasteiger charge is -2.31. The van der Waals surface area contributed by atoms with Gasteiger partial charge in [-0.1, -0.05) is 0 Å². The van der Waals surface area contributed by atoms with Gasteiger partial charge in [0, 0.05) is 37.9 Å². The molecule has 4 rings (SSSR count). The highest BCUT2D eigenvalue weighted by Gasteiger charge is 2.30. The Morgan fingerprint density at radius 1 is 1.13 bits per heavy atom. The number of amides is 1. The fourth-order valence-corrected chi connectivity index (χ4v) is 4.62. The number of halogens is 2.